The lowest BCUT2D eigenvalue weighted by Gasteiger charge is -2.58. The molecule has 8 aliphatic carbocycles. The molecule has 0 saturated heterocycles. The fraction of sp³-hybridized carbons (Fsp3) is 0.931. The molecule has 2 heteroatoms. The van der Waals surface area contributed by atoms with Crippen LogP contribution in [0.3, 0.4) is 0 Å². The Hall–Kier alpha value is -0.600. The smallest absolute Gasteiger partial charge is 0.0577 e. The van der Waals surface area contributed by atoms with Gasteiger partial charge in [0.05, 0.1) is 12.2 Å². The molecule has 0 radical (unpaired) electrons. The molecule has 2 N–H and O–H groups in total. The molecule has 8 aliphatic rings. The summed E-state index contributed by atoms with van der Waals surface area (Å²) in [7, 11) is 0. The SMILES string of the molecule is CCC(CC[C@@H](C)[C@H]1CC[C@H]2[C@@H]3CC=C4C[C@@H](O)CC[C@]4(C)[C@H]3CC[C@]12C)C(C)C.CC[C@H](CC[C@@H](C)[C@H]1CC[C@H]2[C@@H]3CC=C4C[C@@H](O)CC[C@]4(C)[C@H]3CC[C@]12C)C(C)C. The first-order chi connectivity index (χ1) is 28.4. The molecule has 6 saturated carbocycles. The highest BCUT2D eigenvalue weighted by molar-refractivity contribution is 5.27. The highest BCUT2D eigenvalue weighted by Gasteiger charge is 2.61. The predicted molar refractivity (Wildman–Crippen MR) is 256 cm³/mol. The van der Waals surface area contributed by atoms with Crippen molar-refractivity contribution in [2.24, 2.45) is 105 Å². The third kappa shape index (κ3) is 8.64. The van der Waals surface area contributed by atoms with Gasteiger partial charge >= 0.3 is 0 Å². The van der Waals surface area contributed by atoms with E-state index in [-0.39, 0.29) is 12.2 Å². The molecule has 0 aromatic heterocycles. The van der Waals surface area contributed by atoms with E-state index in [0.717, 1.165) is 109 Å². The highest BCUT2D eigenvalue weighted by Crippen LogP contribution is 2.69. The number of aliphatic hydroxyl groups is 2. The van der Waals surface area contributed by atoms with Crippen molar-refractivity contribution in [1.29, 1.82) is 0 Å². The second-order valence-electron chi connectivity index (χ2n) is 25.7. The van der Waals surface area contributed by atoms with Crippen molar-refractivity contribution in [3.8, 4) is 0 Å². The first-order valence-corrected chi connectivity index (χ1v) is 27.2. The Morgan fingerprint density at radius 1 is 0.500 bits per heavy atom. The highest BCUT2D eigenvalue weighted by atomic mass is 16.3. The first kappa shape index (κ1) is 47.4. The van der Waals surface area contributed by atoms with Crippen molar-refractivity contribution >= 4 is 0 Å². The lowest BCUT2D eigenvalue weighted by atomic mass is 9.47. The van der Waals surface area contributed by atoms with Gasteiger partial charge in [-0.15, -0.1) is 0 Å². The van der Waals surface area contributed by atoms with Crippen LogP contribution >= 0.6 is 0 Å². The molecule has 60 heavy (non-hydrogen) atoms. The molecule has 6 fully saturated rings. The van der Waals surface area contributed by atoms with Crippen molar-refractivity contribution in [3.05, 3.63) is 23.3 Å². The van der Waals surface area contributed by atoms with Crippen molar-refractivity contribution in [1.82, 2.24) is 0 Å². The Morgan fingerprint density at radius 3 is 1.23 bits per heavy atom. The lowest BCUT2D eigenvalue weighted by Crippen LogP contribution is -2.50. The van der Waals surface area contributed by atoms with Gasteiger partial charge in [-0.3, -0.25) is 0 Å². The number of aliphatic hydroxyl groups excluding tert-OH is 2. The van der Waals surface area contributed by atoms with Gasteiger partial charge in [0.25, 0.3) is 0 Å². The van der Waals surface area contributed by atoms with Gasteiger partial charge in [0.15, 0.2) is 0 Å². The third-order valence-electron chi connectivity index (χ3n) is 22.6. The van der Waals surface area contributed by atoms with Crippen molar-refractivity contribution in [2.45, 2.75) is 237 Å². The van der Waals surface area contributed by atoms with E-state index in [1.165, 1.54) is 116 Å². The second-order valence-corrected chi connectivity index (χ2v) is 25.7. The maximum absolute atomic E-state index is 10.2. The van der Waals surface area contributed by atoms with Crippen LogP contribution in [-0.2, 0) is 0 Å². The zero-order chi connectivity index (χ0) is 43.4. The molecule has 18 atom stereocenters. The van der Waals surface area contributed by atoms with Gasteiger partial charge in [0.1, 0.15) is 0 Å². The van der Waals surface area contributed by atoms with Gasteiger partial charge < -0.3 is 10.2 Å². The Morgan fingerprint density at radius 2 is 0.883 bits per heavy atom. The minimum absolute atomic E-state index is 0.0794. The summed E-state index contributed by atoms with van der Waals surface area (Å²) in [5.41, 5.74) is 5.17. The summed E-state index contributed by atoms with van der Waals surface area (Å²) in [5.74, 6) is 12.6. The number of hydrogen-bond acceptors (Lipinski definition) is 2. The fourth-order valence-electron chi connectivity index (χ4n) is 18.6. The maximum atomic E-state index is 10.2. The molecule has 1 unspecified atom stereocenters. The van der Waals surface area contributed by atoms with Crippen LogP contribution in [0.4, 0.5) is 0 Å². The fourth-order valence-corrected chi connectivity index (χ4v) is 18.6. The quantitative estimate of drug-likeness (QED) is 0.192. The zero-order valence-electron chi connectivity index (χ0n) is 41.8. The second kappa shape index (κ2) is 18.7. The van der Waals surface area contributed by atoms with Gasteiger partial charge in [-0.2, -0.15) is 0 Å². The molecular weight excluding hydrogens is 729 g/mol. The zero-order valence-corrected chi connectivity index (χ0v) is 41.8. The normalized spacial score (nSPS) is 45.3. The molecule has 8 rings (SSSR count). The third-order valence-corrected chi connectivity index (χ3v) is 22.6. The number of fused-ring (bicyclic) bond motifs is 10. The van der Waals surface area contributed by atoms with Crippen LogP contribution in [0.2, 0.25) is 0 Å². The van der Waals surface area contributed by atoms with Gasteiger partial charge in [-0.1, -0.05) is 132 Å². The molecular formula is C58H100O2. The molecule has 2 nitrogen and oxygen atoms in total. The largest absolute Gasteiger partial charge is 0.393 e. The van der Waals surface area contributed by atoms with E-state index in [1.54, 1.807) is 11.1 Å². The van der Waals surface area contributed by atoms with Crippen molar-refractivity contribution in [3.63, 3.8) is 0 Å². The van der Waals surface area contributed by atoms with E-state index in [4.69, 9.17) is 0 Å². The topological polar surface area (TPSA) is 40.5 Å². The summed E-state index contributed by atoms with van der Waals surface area (Å²) < 4.78 is 0. The van der Waals surface area contributed by atoms with Crippen LogP contribution in [0.1, 0.15) is 224 Å². The molecule has 0 amide bonds. The Bertz CT molecular complexity index is 1380. The summed E-state index contributed by atoms with van der Waals surface area (Å²) in [4.78, 5) is 0. The van der Waals surface area contributed by atoms with Crippen LogP contribution in [-0.4, -0.2) is 22.4 Å². The van der Waals surface area contributed by atoms with Crippen LogP contribution in [0.5, 0.6) is 0 Å². The number of rotatable bonds is 12. The summed E-state index contributed by atoms with van der Waals surface area (Å²) in [6.07, 6.45) is 34.2. The van der Waals surface area contributed by atoms with Gasteiger partial charge in [-0.25, -0.2) is 0 Å². The minimum atomic E-state index is -0.0794. The molecule has 0 bridgehead atoms. The predicted octanol–water partition coefficient (Wildman–Crippen LogP) is 16.0. The molecule has 0 aliphatic heterocycles. The monoisotopic (exact) mass is 829 g/mol. The summed E-state index contributed by atoms with van der Waals surface area (Å²) in [5, 5.41) is 20.5. The summed E-state index contributed by atoms with van der Waals surface area (Å²) in [6.45, 7) is 30.2. The van der Waals surface area contributed by atoms with E-state index in [1.807, 2.05) is 0 Å². The van der Waals surface area contributed by atoms with Crippen LogP contribution in [0.15, 0.2) is 23.3 Å². The molecule has 0 aromatic carbocycles. The van der Waals surface area contributed by atoms with Crippen molar-refractivity contribution in [2.75, 3.05) is 0 Å². The molecule has 0 spiro atoms. The van der Waals surface area contributed by atoms with E-state index < -0.39 is 0 Å². The van der Waals surface area contributed by atoms with Gasteiger partial charge in [-0.05, 0) is 220 Å². The molecule has 344 valence electrons. The van der Waals surface area contributed by atoms with Crippen LogP contribution in [0, 0.1) is 105 Å². The standard InChI is InChI=1S/2C29H50O/c2*1-7-21(19(2)3)9-8-20(4)25-12-13-26-24-11-10-22-18-23(30)14-16-28(22,5)27(24)15-17-29(25,26)6/h2*10,19-21,23-27,30H,7-9,11-18H2,1-6H3/t20-,21?,23+,24+,25-,26+,27+,28+,29-;20-,21-,23+,24+,25-,26+,27+,28+,29-/m11/s1. The van der Waals surface area contributed by atoms with Crippen molar-refractivity contribution < 1.29 is 10.2 Å². The number of allylic oxidation sites excluding steroid dienone is 2. The Labute approximate surface area is 373 Å². The van der Waals surface area contributed by atoms with Gasteiger partial charge in [0, 0.05) is 0 Å². The van der Waals surface area contributed by atoms with E-state index >= 15 is 0 Å². The maximum Gasteiger partial charge on any atom is 0.0577 e. The summed E-state index contributed by atoms with van der Waals surface area (Å²) in [6, 6.07) is 0. The number of hydrogen-bond donors (Lipinski definition) is 2. The van der Waals surface area contributed by atoms with Crippen LogP contribution in [0.25, 0.3) is 0 Å². The average molecular weight is 829 g/mol. The summed E-state index contributed by atoms with van der Waals surface area (Å²) >= 11 is 0. The average Bonchev–Trinajstić information content (AvgIpc) is 3.75. The Kier molecular flexibility index (Phi) is 14.8. The minimum Gasteiger partial charge on any atom is -0.393 e. The van der Waals surface area contributed by atoms with Gasteiger partial charge in [0.2, 0.25) is 0 Å². The molecule has 0 aromatic rings. The van der Waals surface area contributed by atoms with E-state index in [2.05, 4.69) is 95.2 Å². The van der Waals surface area contributed by atoms with E-state index in [9.17, 15) is 10.2 Å². The van der Waals surface area contributed by atoms with Crippen LogP contribution < -0.4 is 0 Å². The Balaban J connectivity index is 0.000000181. The lowest BCUT2D eigenvalue weighted by molar-refractivity contribution is -0.0575. The molecule has 0 heterocycles. The first-order valence-electron chi connectivity index (χ1n) is 27.2. The van der Waals surface area contributed by atoms with E-state index in [0.29, 0.717) is 21.7 Å².